The van der Waals surface area contributed by atoms with Crippen LogP contribution in [0.1, 0.15) is 41.0 Å². The summed E-state index contributed by atoms with van der Waals surface area (Å²) >= 11 is 3.54. The summed E-state index contributed by atoms with van der Waals surface area (Å²) in [5, 5.41) is 9.78. The van der Waals surface area contributed by atoms with Gasteiger partial charge in [0.05, 0.1) is 18.2 Å². The van der Waals surface area contributed by atoms with E-state index in [0.29, 0.717) is 6.54 Å². The Kier molecular flexibility index (Phi) is 9.76. The molecule has 1 saturated heterocycles. The zero-order chi connectivity index (χ0) is 27.1. The van der Waals surface area contributed by atoms with Gasteiger partial charge in [0.1, 0.15) is 10.0 Å². The van der Waals surface area contributed by atoms with Crippen LogP contribution in [0.5, 0.6) is 0 Å². The normalized spacial score (nSPS) is 15.3. The summed E-state index contributed by atoms with van der Waals surface area (Å²) in [4.78, 5) is 35.6. The van der Waals surface area contributed by atoms with Crippen molar-refractivity contribution in [2.75, 3.05) is 49.6 Å². The van der Waals surface area contributed by atoms with E-state index in [0.717, 1.165) is 63.8 Å². The van der Waals surface area contributed by atoms with Crippen LogP contribution in [0.4, 0.5) is 14.8 Å². The average Bonchev–Trinajstić information content (AvgIpc) is 3.65. The van der Waals surface area contributed by atoms with Gasteiger partial charge in [0, 0.05) is 55.6 Å². The Morgan fingerprint density at radius 1 is 1.05 bits per heavy atom. The Balaban J connectivity index is 0.00000107. The topological polar surface area (TPSA) is 95.9 Å². The standard InChI is InChI=1S/C26H35N5O2S2.CO2/c1-4-19-18(3)24(31-12-14-33-15-13-31)35-23(19)28-26(32)27-16-21-20-8-11-29(5-2)17-22(20)34-25(21)30-9-6-7-10-30;2-1-3/h6-7,9-10H,4-5,8,11-17H2,1-3H3,(H2,27,28,32);. The molecule has 0 radical (unpaired) electrons. The molecule has 204 valence electrons. The monoisotopic (exact) mass is 557 g/mol. The van der Waals surface area contributed by atoms with Crippen LogP contribution < -0.4 is 15.5 Å². The summed E-state index contributed by atoms with van der Waals surface area (Å²) in [6.45, 7) is 13.5. The molecule has 5 rings (SSSR count). The van der Waals surface area contributed by atoms with Crippen LogP contribution in [0.3, 0.4) is 0 Å². The van der Waals surface area contributed by atoms with Crippen molar-refractivity contribution in [2.24, 2.45) is 0 Å². The fourth-order valence-electron chi connectivity index (χ4n) is 5.08. The zero-order valence-corrected chi connectivity index (χ0v) is 23.8. The Morgan fingerprint density at radius 3 is 2.42 bits per heavy atom. The lowest BCUT2D eigenvalue weighted by atomic mass is 10.0. The third-order valence-corrected chi connectivity index (χ3v) is 9.64. The Morgan fingerprint density at radius 2 is 1.76 bits per heavy atom. The van der Waals surface area contributed by atoms with Crippen molar-refractivity contribution in [3.8, 4) is 5.00 Å². The molecule has 0 aliphatic carbocycles. The molecule has 2 N–H and O–H groups in total. The van der Waals surface area contributed by atoms with Gasteiger partial charge in [-0.3, -0.25) is 10.2 Å². The second-order valence-electron chi connectivity index (χ2n) is 9.18. The summed E-state index contributed by atoms with van der Waals surface area (Å²) in [7, 11) is 0. The molecule has 0 saturated carbocycles. The van der Waals surface area contributed by atoms with Crippen molar-refractivity contribution in [1.29, 1.82) is 0 Å². The highest BCUT2D eigenvalue weighted by Gasteiger charge is 2.25. The van der Waals surface area contributed by atoms with Crippen LogP contribution in [-0.4, -0.2) is 61.0 Å². The van der Waals surface area contributed by atoms with E-state index in [1.165, 1.54) is 37.1 Å². The maximum Gasteiger partial charge on any atom is 0.373 e. The molecule has 0 spiro atoms. The van der Waals surface area contributed by atoms with Gasteiger partial charge >= 0.3 is 12.2 Å². The van der Waals surface area contributed by atoms with E-state index < -0.39 is 0 Å². The summed E-state index contributed by atoms with van der Waals surface area (Å²) in [6, 6.07) is 3.97. The summed E-state index contributed by atoms with van der Waals surface area (Å²) < 4.78 is 7.71. The van der Waals surface area contributed by atoms with Gasteiger partial charge in [-0.1, -0.05) is 13.8 Å². The van der Waals surface area contributed by atoms with Gasteiger partial charge in [-0.05, 0) is 55.1 Å². The van der Waals surface area contributed by atoms with Crippen LogP contribution in [-0.2, 0) is 40.3 Å². The van der Waals surface area contributed by atoms with Gasteiger partial charge in [-0.15, -0.1) is 22.7 Å². The largest absolute Gasteiger partial charge is 0.378 e. The fourth-order valence-corrected chi connectivity index (χ4v) is 7.80. The lowest BCUT2D eigenvalue weighted by Gasteiger charge is -2.28. The number of amides is 2. The molecule has 3 aromatic heterocycles. The van der Waals surface area contributed by atoms with Crippen LogP contribution in [0.25, 0.3) is 5.00 Å². The van der Waals surface area contributed by atoms with E-state index >= 15 is 0 Å². The third kappa shape index (κ3) is 6.19. The van der Waals surface area contributed by atoms with Crippen molar-refractivity contribution in [1.82, 2.24) is 14.8 Å². The number of rotatable bonds is 7. The number of urea groups is 1. The molecule has 9 nitrogen and oxygen atoms in total. The molecule has 38 heavy (non-hydrogen) atoms. The number of aromatic nitrogens is 1. The van der Waals surface area contributed by atoms with E-state index in [4.69, 9.17) is 14.3 Å². The van der Waals surface area contributed by atoms with Gasteiger partial charge in [0.25, 0.3) is 0 Å². The number of hydrogen-bond acceptors (Lipinski definition) is 8. The Bertz CT molecular complexity index is 1260. The second-order valence-corrected chi connectivity index (χ2v) is 11.3. The number of likely N-dealkylation sites (N-methyl/N-ethyl adjacent to an activating group) is 1. The van der Waals surface area contributed by atoms with E-state index in [9.17, 15) is 4.79 Å². The van der Waals surface area contributed by atoms with Crippen LogP contribution >= 0.6 is 22.7 Å². The number of hydrogen-bond donors (Lipinski definition) is 2. The molecule has 0 bridgehead atoms. The van der Waals surface area contributed by atoms with Gasteiger partial charge < -0.3 is 19.5 Å². The van der Waals surface area contributed by atoms with Crippen LogP contribution in [0, 0.1) is 6.92 Å². The quantitative estimate of drug-likeness (QED) is 0.447. The summed E-state index contributed by atoms with van der Waals surface area (Å²) in [6.07, 6.45) is 6.36. The first kappa shape index (κ1) is 28.1. The summed E-state index contributed by atoms with van der Waals surface area (Å²) in [5.74, 6) is 0. The average molecular weight is 558 g/mol. The highest BCUT2D eigenvalue weighted by atomic mass is 32.1. The third-order valence-electron chi connectivity index (χ3n) is 7.06. The molecule has 5 heterocycles. The summed E-state index contributed by atoms with van der Waals surface area (Å²) in [5.41, 5.74) is 5.17. The molecule has 11 heteroatoms. The van der Waals surface area contributed by atoms with Gasteiger partial charge in [-0.25, -0.2) is 4.79 Å². The fraction of sp³-hybridized carbons (Fsp3) is 0.481. The zero-order valence-electron chi connectivity index (χ0n) is 22.2. The van der Waals surface area contributed by atoms with Crippen molar-refractivity contribution in [3.05, 3.63) is 51.7 Å². The highest BCUT2D eigenvalue weighted by molar-refractivity contribution is 7.20. The Hall–Kier alpha value is -2.95. The molecule has 1 fully saturated rings. The number of morpholine rings is 1. The first-order chi connectivity index (χ1) is 18.5. The molecule has 2 amide bonds. The van der Waals surface area contributed by atoms with E-state index in [1.54, 1.807) is 11.3 Å². The molecular weight excluding hydrogens is 522 g/mol. The molecule has 3 aromatic rings. The second kappa shape index (κ2) is 13.2. The molecular formula is C27H35N5O4S2. The van der Waals surface area contributed by atoms with Gasteiger partial charge in [-0.2, -0.15) is 9.59 Å². The minimum absolute atomic E-state index is 0.140. The molecule has 0 atom stereocenters. The van der Waals surface area contributed by atoms with Crippen molar-refractivity contribution >= 4 is 44.9 Å². The molecule has 0 unspecified atom stereocenters. The number of carbonyl (C=O) groups is 1. The molecule has 2 aliphatic rings. The maximum atomic E-state index is 13.1. The predicted octanol–water partition coefficient (Wildman–Crippen LogP) is 4.42. The van der Waals surface area contributed by atoms with Crippen LogP contribution in [0.15, 0.2) is 24.5 Å². The lowest BCUT2D eigenvalue weighted by Crippen LogP contribution is -2.36. The number of nitrogens with one attached hydrogen (secondary N) is 2. The van der Waals surface area contributed by atoms with Crippen molar-refractivity contribution in [3.63, 3.8) is 0 Å². The predicted molar refractivity (Wildman–Crippen MR) is 151 cm³/mol. The minimum atomic E-state index is -0.140. The van der Waals surface area contributed by atoms with Crippen molar-refractivity contribution < 1.29 is 19.1 Å². The first-order valence-electron chi connectivity index (χ1n) is 13.0. The maximum absolute atomic E-state index is 13.1. The molecule has 2 aliphatic heterocycles. The van der Waals surface area contributed by atoms with Gasteiger partial charge in [0.15, 0.2) is 0 Å². The number of ether oxygens (including phenoxy) is 1. The number of thiophene rings is 2. The lowest BCUT2D eigenvalue weighted by molar-refractivity contribution is -0.191. The smallest absolute Gasteiger partial charge is 0.373 e. The Labute approximate surface area is 231 Å². The highest BCUT2D eigenvalue weighted by Crippen LogP contribution is 2.40. The molecule has 0 aromatic carbocycles. The SMILES string of the molecule is CCc1c(NC(=O)NCc2c(-n3cccc3)sc3c2CCN(CC)C3)sc(N2CCOCC2)c1C.O=C=O. The van der Waals surface area contributed by atoms with E-state index in [-0.39, 0.29) is 12.2 Å². The number of carbonyl (C=O) groups excluding carboxylic acids is 3. The van der Waals surface area contributed by atoms with Gasteiger partial charge in [0.2, 0.25) is 0 Å². The van der Waals surface area contributed by atoms with Crippen molar-refractivity contribution in [2.45, 2.75) is 46.7 Å². The number of nitrogens with zero attached hydrogens (tertiary/aromatic N) is 3. The minimum Gasteiger partial charge on any atom is -0.378 e. The van der Waals surface area contributed by atoms with E-state index in [2.05, 4.69) is 70.3 Å². The first-order valence-corrected chi connectivity index (χ1v) is 14.6. The number of fused-ring (bicyclic) bond motifs is 1. The van der Waals surface area contributed by atoms with E-state index in [1.807, 2.05) is 11.3 Å². The van der Waals surface area contributed by atoms with Crippen LogP contribution in [0.2, 0.25) is 0 Å². The number of anilines is 2.